The molecule has 9 heteroatoms. The Balaban J connectivity index is 1.64. The number of nitrogens with zero attached hydrogens (tertiary/aromatic N) is 3. The highest BCUT2D eigenvalue weighted by Crippen LogP contribution is 2.19. The Kier molecular flexibility index (Phi) is 6.74. The highest BCUT2D eigenvalue weighted by molar-refractivity contribution is 6.02. The highest BCUT2D eigenvalue weighted by Gasteiger charge is 2.11. The minimum absolute atomic E-state index is 0.124. The largest absolute Gasteiger partial charge is 0.476 e. The summed E-state index contributed by atoms with van der Waals surface area (Å²) in [5.41, 5.74) is 7.29. The monoisotopic (exact) mass is 410 g/mol. The number of aromatic nitrogens is 3. The molecule has 0 aliphatic rings. The normalized spacial score (nSPS) is 10.7. The average molecular weight is 410 g/mol. The van der Waals surface area contributed by atoms with E-state index in [1.54, 1.807) is 24.4 Å². The predicted octanol–water partition coefficient (Wildman–Crippen LogP) is 3.49. The summed E-state index contributed by atoms with van der Waals surface area (Å²) in [6.07, 6.45) is 4.31. The lowest BCUT2D eigenvalue weighted by molar-refractivity contribution is 0.102. The zero-order valence-electron chi connectivity index (χ0n) is 16.7. The van der Waals surface area contributed by atoms with Gasteiger partial charge in [0.25, 0.3) is 5.91 Å². The Morgan fingerprint density at radius 3 is 2.73 bits per heavy atom. The molecule has 0 aliphatic heterocycles. The van der Waals surface area contributed by atoms with Crippen LogP contribution in [0, 0.1) is 11.7 Å². The number of anilines is 3. The summed E-state index contributed by atoms with van der Waals surface area (Å²) >= 11 is 0. The first kappa shape index (κ1) is 21.0. The summed E-state index contributed by atoms with van der Waals surface area (Å²) in [6.45, 7) is 4.73. The number of amides is 1. The van der Waals surface area contributed by atoms with E-state index in [9.17, 15) is 9.18 Å². The third-order valence-electron chi connectivity index (χ3n) is 4.04. The first-order valence-corrected chi connectivity index (χ1v) is 9.41. The number of rotatable bonds is 8. The third kappa shape index (κ3) is 5.63. The van der Waals surface area contributed by atoms with Crippen molar-refractivity contribution in [2.75, 3.05) is 23.0 Å². The number of nitrogen functional groups attached to an aromatic ring is 1. The molecule has 3 aromatic rings. The van der Waals surface area contributed by atoms with E-state index in [0.717, 1.165) is 0 Å². The molecule has 8 nitrogen and oxygen atoms in total. The van der Waals surface area contributed by atoms with Gasteiger partial charge in [0.1, 0.15) is 17.3 Å². The maximum Gasteiger partial charge on any atom is 0.275 e. The maximum absolute atomic E-state index is 14.2. The van der Waals surface area contributed by atoms with Crippen molar-refractivity contribution in [1.82, 2.24) is 15.0 Å². The molecule has 3 rings (SSSR count). The Hall–Kier alpha value is -3.75. The molecule has 0 fully saturated rings. The first-order valence-electron chi connectivity index (χ1n) is 9.41. The number of benzene rings is 1. The van der Waals surface area contributed by atoms with Crippen molar-refractivity contribution < 1.29 is 13.9 Å². The van der Waals surface area contributed by atoms with Crippen LogP contribution in [0.1, 0.15) is 29.9 Å². The van der Waals surface area contributed by atoms with Gasteiger partial charge in [-0.05, 0) is 36.2 Å². The van der Waals surface area contributed by atoms with Crippen molar-refractivity contribution >= 4 is 23.1 Å². The third-order valence-corrected chi connectivity index (χ3v) is 4.04. The van der Waals surface area contributed by atoms with Crippen LogP contribution in [0.15, 0.2) is 48.9 Å². The number of carbonyl (C=O) groups is 1. The van der Waals surface area contributed by atoms with E-state index in [-0.39, 0.29) is 12.2 Å². The molecule has 1 aromatic carbocycles. The fourth-order valence-corrected chi connectivity index (χ4v) is 2.50. The van der Waals surface area contributed by atoms with E-state index in [0.29, 0.717) is 41.2 Å². The minimum atomic E-state index is -0.458. The lowest BCUT2D eigenvalue weighted by Crippen LogP contribution is -2.15. The molecule has 0 bridgehead atoms. The lowest BCUT2D eigenvalue weighted by atomic mass is 10.1. The number of hydrogen-bond acceptors (Lipinski definition) is 7. The second-order valence-corrected chi connectivity index (χ2v) is 6.99. The number of pyridine rings is 1. The van der Waals surface area contributed by atoms with Gasteiger partial charge in [-0.25, -0.2) is 19.3 Å². The molecule has 0 unspecified atom stereocenters. The standard InChI is InChI=1S/C21H23FN6O2/c1-13(2)12-30-19-11-26-18(10-27-19)21(29)28-15-5-6-16(22)14(8-15)9-25-17-4-3-7-24-20(17)23/h3-8,10-11,13,25H,9,12H2,1-2H3,(H2,23,24)(H,28,29). The van der Waals surface area contributed by atoms with Gasteiger partial charge in [-0.1, -0.05) is 13.8 Å². The molecular weight excluding hydrogens is 387 g/mol. The van der Waals surface area contributed by atoms with Crippen LogP contribution in [0.2, 0.25) is 0 Å². The summed E-state index contributed by atoms with van der Waals surface area (Å²) in [6, 6.07) is 7.78. The first-order chi connectivity index (χ1) is 14.4. The van der Waals surface area contributed by atoms with Gasteiger partial charge < -0.3 is 21.1 Å². The molecule has 0 aliphatic carbocycles. The fraction of sp³-hybridized carbons (Fsp3) is 0.238. The summed E-state index contributed by atoms with van der Waals surface area (Å²) in [5, 5.41) is 5.72. The topological polar surface area (TPSA) is 115 Å². The highest BCUT2D eigenvalue weighted by atomic mass is 19.1. The Labute approximate surface area is 173 Å². The molecule has 0 atom stereocenters. The number of halogens is 1. The molecule has 156 valence electrons. The van der Waals surface area contributed by atoms with Crippen molar-refractivity contribution in [3.05, 3.63) is 66.0 Å². The summed E-state index contributed by atoms with van der Waals surface area (Å²) < 4.78 is 19.6. The van der Waals surface area contributed by atoms with Crippen molar-refractivity contribution in [2.45, 2.75) is 20.4 Å². The SMILES string of the molecule is CC(C)COc1cnc(C(=O)Nc2ccc(F)c(CNc3cccnc3N)c2)cn1. The summed E-state index contributed by atoms with van der Waals surface area (Å²) in [7, 11) is 0. The quantitative estimate of drug-likeness (QED) is 0.521. The molecule has 0 spiro atoms. The Bertz CT molecular complexity index is 1010. The second kappa shape index (κ2) is 9.64. The Morgan fingerprint density at radius 1 is 1.20 bits per heavy atom. The van der Waals surface area contributed by atoms with E-state index < -0.39 is 11.7 Å². The van der Waals surface area contributed by atoms with E-state index in [4.69, 9.17) is 10.5 Å². The van der Waals surface area contributed by atoms with Crippen LogP contribution in [-0.2, 0) is 6.54 Å². The van der Waals surface area contributed by atoms with Crippen molar-refractivity contribution in [1.29, 1.82) is 0 Å². The summed E-state index contributed by atoms with van der Waals surface area (Å²) in [5.74, 6) is 0.160. The summed E-state index contributed by atoms with van der Waals surface area (Å²) in [4.78, 5) is 24.6. The number of ether oxygens (including phenoxy) is 1. The number of nitrogens with one attached hydrogen (secondary N) is 2. The van der Waals surface area contributed by atoms with Crippen LogP contribution < -0.4 is 21.1 Å². The molecule has 0 saturated carbocycles. The molecule has 0 radical (unpaired) electrons. The number of hydrogen-bond donors (Lipinski definition) is 3. The van der Waals surface area contributed by atoms with E-state index in [2.05, 4.69) is 25.6 Å². The molecular formula is C21H23FN6O2. The molecule has 2 aromatic heterocycles. The van der Waals surface area contributed by atoms with Crippen LogP contribution >= 0.6 is 0 Å². The molecule has 1 amide bonds. The van der Waals surface area contributed by atoms with Gasteiger partial charge in [-0.2, -0.15) is 0 Å². The maximum atomic E-state index is 14.2. The van der Waals surface area contributed by atoms with E-state index in [1.165, 1.54) is 24.5 Å². The van der Waals surface area contributed by atoms with Crippen molar-refractivity contribution in [3.63, 3.8) is 0 Å². The lowest BCUT2D eigenvalue weighted by Gasteiger charge is -2.11. The van der Waals surface area contributed by atoms with Crippen molar-refractivity contribution in [2.24, 2.45) is 5.92 Å². The van der Waals surface area contributed by atoms with Crippen LogP contribution in [0.4, 0.5) is 21.6 Å². The predicted molar refractivity (Wildman–Crippen MR) is 113 cm³/mol. The molecule has 0 saturated heterocycles. The zero-order valence-corrected chi connectivity index (χ0v) is 16.7. The van der Waals surface area contributed by atoms with Crippen LogP contribution in [0.25, 0.3) is 0 Å². The van der Waals surface area contributed by atoms with Gasteiger partial charge in [0.05, 0.1) is 24.7 Å². The molecule has 30 heavy (non-hydrogen) atoms. The number of carbonyl (C=O) groups excluding carboxylic acids is 1. The van der Waals surface area contributed by atoms with Gasteiger partial charge in [-0.15, -0.1) is 0 Å². The van der Waals surface area contributed by atoms with Gasteiger partial charge in [0.2, 0.25) is 5.88 Å². The Morgan fingerprint density at radius 2 is 2.03 bits per heavy atom. The van der Waals surface area contributed by atoms with Crippen molar-refractivity contribution in [3.8, 4) is 5.88 Å². The van der Waals surface area contributed by atoms with Crippen LogP contribution in [0.3, 0.4) is 0 Å². The van der Waals surface area contributed by atoms with Gasteiger partial charge in [0.15, 0.2) is 0 Å². The van der Waals surface area contributed by atoms with Crippen LogP contribution in [-0.4, -0.2) is 27.5 Å². The molecule has 2 heterocycles. The van der Waals surface area contributed by atoms with E-state index >= 15 is 0 Å². The smallest absolute Gasteiger partial charge is 0.275 e. The van der Waals surface area contributed by atoms with E-state index in [1.807, 2.05) is 13.8 Å². The van der Waals surface area contributed by atoms with Gasteiger partial charge >= 0.3 is 0 Å². The minimum Gasteiger partial charge on any atom is -0.476 e. The zero-order chi connectivity index (χ0) is 21.5. The van der Waals surface area contributed by atoms with Crippen LogP contribution in [0.5, 0.6) is 5.88 Å². The number of nitrogens with two attached hydrogens (primary N) is 1. The van der Waals surface area contributed by atoms with Gasteiger partial charge in [0, 0.05) is 24.0 Å². The average Bonchev–Trinajstić information content (AvgIpc) is 2.74. The second-order valence-electron chi connectivity index (χ2n) is 6.99. The van der Waals surface area contributed by atoms with Gasteiger partial charge in [-0.3, -0.25) is 4.79 Å². The fourth-order valence-electron chi connectivity index (χ4n) is 2.50. The molecule has 4 N–H and O–H groups in total.